The van der Waals surface area contributed by atoms with Crippen LogP contribution in [0.4, 0.5) is 5.82 Å². The first-order valence-corrected chi connectivity index (χ1v) is 5.55. The van der Waals surface area contributed by atoms with Crippen LogP contribution in [-0.4, -0.2) is 38.0 Å². The van der Waals surface area contributed by atoms with E-state index in [9.17, 15) is 14.9 Å². The summed E-state index contributed by atoms with van der Waals surface area (Å²) in [5.74, 6) is -0.864. The monoisotopic (exact) mass is 269 g/mol. The van der Waals surface area contributed by atoms with E-state index >= 15 is 0 Å². The van der Waals surface area contributed by atoms with Crippen LogP contribution in [0.15, 0.2) is 11.6 Å². The van der Waals surface area contributed by atoms with E-state index in [-0.39, 0.29) is 18.1 Å². The molecule has 0 amide bonds. The van der Waals surface area contributed by atoms with E-state index in [1.54, 1.807) is 5.38 Å². The van der Waals surface area contributed by atoms with Gasteiger partial charge in [0.1, 0.15) is 11.6 Å². The Morgan fingerprint density at radius 1 is 1.67 bits per heavy atom. The number of nitrogens with zero attached hydrogens (tertiary/aromatic N) is 5. The van der Waals surface area contributed by atoms with E-state index in [0.717, 1.165) is 11.0 Å². The normalized spacial score (nSPS) is 10.3. The lowest BCUT2D eigenvalue weighted by molar-refractivity contribution is -0.389. The molecule has 0 atom stereocenters. The molecule has 0 fully saturated rings. The molecule has 2 heterocycles. The number of methoxy groups -OCH3 is 1. The summed E-state index contributed by atoms with van der Waals surface area (Å²) in [6.45, 7) is 0.162. The molecule has 9 nitrogen and oxygen atoms in total. The zero-order chi connectivity index (χ0) is 13.1. The van der Waals surface area contributed by atoms with Gasteiger partial charge in [0.15, 0.2) is 11.9 Å². The van der Waals surface area contributed by atoms with E-state index in [0.29, 0.717) is 5.01 Å². The molecule has 0 aliphatic rings. The topological polar surface area (TPSA) is 113 Å². The van der Waals surface area contributed by atoms with Gasteiger partial charge in [-0.15, -0.1) is 16.4 Å². The number of thiazole rings is 1. The third-order valence-corrected chi connectivity index (χ3v) is 2.77. The van der Waals surface area contributed by atoms with Crippen LogP contribution in [0.2, 0.25) is 0 Å². The van der Waals surface area contributed by atoms with Crippen LogP contribution in [0.25, 0.3) is 0 Å². The number of hydrogen-bond acceptors (Lipinski definition) is 8. The smallest absolute Gasteiger partial charge is 0.410 e. The number of ether oxygens (including phenoxy) is 1. The second-order valence-electron chi connectivity index (χ2n) is 3.11. The van der Waals surface area contributed by atoms with Gasteiger partial charge in [-0.2, -0.15) is 0 Å². The van der Waals surface area contributed by atoms with Gasteiger partial charge in [-0.05, 0) is 4.92 Å². The van der Waals surface area contributed by atoms with E-state index < -0.39 is 10.9 Å². The van der Waals surface area contributed by atoms with Crippen LogP contribution in [-0.2, 0) is 11.3 Å². The summed E-state index contributed by atoms with van der Waals surface area (Å²) in [6, 6.07) is 0. The standard InChI is InChI=1S/C8H7N5O4S/c1-17-8(14)5-4-18-7(10-5)3-12-9-2-6(11-12)13(15)16/h2,4H,3H2,1H3. The van der Waals surface area contributed by atoms with Crippen molar-refractivity contribution in [2.75, 3.05) is 7.11 Å². The van der Waals surface area contributed by atoms with Gasteiger partial charge >= 0.3 is 11.8 Å². The van der Waals surface area contributed by atoms with E-state index in [1.165, 1.54) is 18.4 Å². The van der Waals surface area contributed by atoms with Crippen LogP contribution in [0.1, 0.15) is 15.5 Å². The number of carbonyl (C=O) groups excluding carboxylic acids is 1. The number of carbonyl (C=O) groups is 1. The molecular weight excluding hydrogens is 262 g/mol. The first-order valence-electron chi connectivity index (χ1n) is 4.67. The first-order chi connectivity index (χ1) is 8.60. The van der Waals surface area contributed by atoms with Crippen molar-refractivity contribution in [3.63, 3.8) is 0 Å². The predicted octanol–water partition coefficient (Wildman–Crippen LogP) is 0.478. The molecule has 10 heteroatoms. The van der Waals surface area contributed by atoms with Crippen molar-refractivity contribution in [2.45, 2.75) is 6.54 Å². The zero-order valence-corrected chi connectivity index (χ0v) is 9.96. The molecule has 0 radical (unpaired) electrons. The van der Waals surface area contributed by atoms with Crippen LogP contribution in [0.3, 0.4) is 0 Å². The van der Waals surface area contributed by atoms with Crippen molar-refractivity contribution in [3.8, 4) is 0 Å². The van der Waals surface area contributed by atoms with Crippen molar-refractivity contribution in [1.29, 1.82) is 0 Å². The largest absolute Gasteiger partial charge is 0.464 e. The van der Waals surface area contributed by atoms with Gasteiger partial charge in [-0.1, -0.05) is 4.80 Å². The van der Waals surface area contributed by atoms with E-state index in [4.69, 9.17) is 0 Å². The Kier molecular flexibility index (Phi) is 3.28. The summed E-state index contributed by atoms with van der Waals surface area (Å²) < 4.78 is 4.51. The minimum absolute atomic E-state index is 0.162. The van der Waals surface area contributed by atoms with Crippen LogP contribution >= 0.6 is 11.3 Å². The molecule has 0 saturated carbocycles. The average molecular weight is 269 g/mol. The third kappa shape index (κ3) is 2.48. The third-order valence-electron chi connectivity index (χ3n) is 1.93. The quantitative estimate of drug-likeness (QED) is 0.450. The van der Waals surface area contributed by atoms with Crippen LogP contribution in [0, 0.1) is 10.1 Å². The molecule has 0 aromatic carbocycles. The summed E-state index contributed by atoms with van der Waals surface area (Å²) in [5, 5.41) is 19.9. The van der Waals surface area contributed by atoms with Gasteiger partial charge in [0, 0.05) is 5.38 Å². The fourth-order valence-corrected chi connectivity index (χ4v) is 1.89. The number of esters is 1. The zero-order valence-electron chi connectivity index (χ0n) is 9.14. The fraction of sp³-hybridized carbons (Fsp3) is 0.250. The number of rotatable bonds is 4. The molecule has 0 spiro atoms. The van der Waals surface area contributed by atoms with Crippen molar-refractivity contribution < 1.29 is 14.5 Å². The Morgan fingerprint density at radius 2 is 2.44 bits per heavy atom. The summed E-state index contributed by atoms with van der Waals surface area (Å²) in [6.07, 6.45) is 1.05. The van der Waals surface area contributed by atoms with Gasteiger partial charge in [0.25, 0.3) is 0 Å². The molecule has 0 aliphatic heterocycles. The molecular formula is C8H7N5O4S. The van der Waals surface area contributed by atoms with Gasteiger partial charge in [-0.25, -0.2) is 9.78 Å². The van der Waals surface area contributed by atoms with Crippen molar-refractivity contribution in [3.05, 3.63) is 32.4 Å². The lowest BCUT2D eigenvalue weighted by Crippen LogP contribution is -2.06. The Labute approximate surface area is 104 Å². The minimum Gasteiger partial charge on any atom is -0.464 e. The highest BCUT2D eigenvalue weighted by Gasteiger charge is 2.15. The molecule has 0 bridgehead atoms. The van der Waals surface area contributed by atoms with Gasteiger partial charge in [0.05, 0.1) is 12.2 Å². The molecule has 2 aromatic heterocycles. The Balaban J connectivity index is 2.11. The second kappa shape index (κ2) is 4.87. The maximum atomic E-state index is 11.2. The van der Waals surface area contributed by atoms with Gasteiger partial charge in [-0.3, -0.25) is 0 Å². The summed E-state index contributed by atoms with van der Waals surface area (Å²) >= 11 is 1.22. The molecule has 0 aliphatic carbocycles. The van der Waals surface area contributed by atoms with E-state index in [1.807, 2.05) is 0 Å². The molecule has 0 N–H and O–H groups in total. The highest BCUT2D eigenvalue weighted by atomic mass is 32.1. The molecule has 2 rings (SSSR count). The maximum absolute atomic E-state index is 11.2. The summed E-state index contributed by atoms with van der Waals surface area (Å²) in [4.78, 5) is 26.1. The SMILES string of the molecule is COC(=O)c1csc(Cn2ncc([N+](=O)[O-])n2)n1. The highest BCUT2D eigenvalue weighted by Crippen LogP contribution is 2.12. The highest BCUT2D eigenvalue weighted by molar-refractivity contribution is 7.09. The predicted molar refractivity (Wildman–Crippen MR) is 59.2 cm³/mol. The van der Waals surface area contributed by atoms with Gasteiger partial charge < -0.3 is 14.9 Å². The molecule has 2 aromatic rings. The lowest BCUT2D eigenvalue weighted by Gasteiger charge is -1.92. The lowest BCUT2D eigenvalue weighted by atomic mass is 10.5. The van der Waals surface area contributed by atoms with E-state index in [2.05, 4.69) is 19.9 Å². The van der Waals surface area contributed by atoms with Crippen molar-refractivity contribution in [1.82, 2.24) is 20.0 Å². The van der Waals surface area contributed by atoms with Crippen LogP contribution < -0.4 is 0 Å². The van der Waals surface area contributed by atoms with Crippen molar-refractivity contribution >= 4 is 23.1 Å². The minimum atomic E-state index is -0.634. The first kappa shape index (κ1) is 12.1. The maximum Gasteiger partial charge on any atom is 0.410 e. The van der Waals surface area contributed by atoms with Crippen LogP contribution in [0.5, 0.6) is 0 Å². The fourth-order valence-electron chi connectivity index (χ4n) is 1.15. The summed E-state index contributed by atoms with van der Waals surface area (Å²) in [7, 11) is 1.26. The Hall–Kier alpha value is -2.36. The van der Waals surface area contributed by atoms with Crippen molar-refractivity contribution in [2.24, 2.45) is 0 Å². The Morgan fingerprint density at radius 3 is 3.06 bits per heavy atom. The molecule has 0 saturated heterocycles. The number of aromatic nitrogens is 4. The number of nitro groups is 1. The molecule has 94 valence electrons. The molecule has 0 unspecified atom stereocenters. The Bertz CT molecular complexity index is 592. The summed E-state index contributed by atoms with van der Waals surface area (Å²) in [5.41, 5.74) is 0.194. The second-order valence-corrected chi connectivity index (χ2v) is 4.05. The average Bonchev–Trinajstić information content (AvgIpc) is 2.98. The molecule has 18 heavy (non-hydrogen) atoms. The number of hydrogen-bond donors (Lipinski definition) is 0. The van der Waals surface area contributed by atoms with Gasteiger partial charge in [0.2, 0.25) is 0 Å².